The van der Waals surface area contributed by atoms with E-state index in [4.69, 9.17) is 23.2 Å². The number of carbonyl (C=O) groups is 1. The van der Waals surface area contributed by atoms with E-state index in [2.05, 4.69) is 20.7 Å². The number of nitrogens with one attached hydrogen (secondary N) is 1. The van der Waals surface area contributed by atoms with E-state index in [0.29, 0.717) is 32.3 Å². The number of hydrogen-bond acceptors (Lipinski definition) is 7. The number of nitro groups is 1. The van der Waals surface area contributed by atoms with E-state index in [1.54, 1.807) is 43.3 Å². The van der Waals surface area contributed by atoms with Crippen LogP contribution in [0.1, 0.15) is 12.5 Å². The van der Waals surface area contributed by atoms with Crippen LogP contribution in [-0.2, 0) is 4.79 Å². The summed E-state index contributed by atoms with van der Waals surface area (Å²) in [6.07, 6.45) is 0. The lowest BCUT2D eigenvalue weighted by Gasteiger charge is -2.10. The molecule has 0 unspecified atom stereocenters. The molecule has 12 heteroatoms. The Hall–Kier alpha value is -3.73. The normalized spacial score (nSPS) is 11.4. The van der Waals surface area contributed by atoms with Gasteiger partial charge in [0.25, 0.3) is 11.6 Å². The predicted molar refractivity (Wildman–Crippen MR) is 141 cm³/mol. The topological polar surface area (TPSA) is 115 Å². The summed E-state index contributed by atoms with van der Waals surface area (Å²) in [6.45, 7) is 1.65. The number of benzene rings is 3. The first kappa shape index (κ1) is 25.4. The number of halogens is 2. The number of nitro benzene ring substituents is 1. The molecule has 1 amide bonds. The maximum absolute atomic E-state index is 12.5. The Kier molecular flexibility index (Phi) is 7.99. The van der Waals surface area contributed by atoms with Gasteiger partial charge >= 0.3 is 0 Å². The molecule has 0 saturated carbocycles. The molecule has 0 fully saturated rings. The third kappa shape index (κ3) is 6.09. The highest BCUT2D eigenvalue weighted by Gasteiger charge is 2.17. The summed E-state index contributed by atoms with van der Waals surface area (Å²) >= 11 is 13.3. The van der Waals surface area contributed by atoms with Gasteiger partial charge in [0.15, 0.2) is 11.0 Å². The molecule has 3 aromatic carbocycles. The Morgan fingerprint density at radius 1 is 1.06 bits per heavy atom. The second-order valence-electron chi connectivity index (χ2n) is 7.45. The first-order valence-electron chi connectivity index (χ1n) is 10.5. The zero-order chi connectivity index (χ0) is 25.7. The molecule has 1 N–H and O–H groups in total. The zero-order valence-corrected chi connectivity index (χ0v) is 21.1. The van der Waals surface area contributed by atoms with Gasteiger partial charge in [0, 0.05) is 39.0 Å². The quantitative estimate of drug-likeness (QED) is 0.131. The van der Waals surface area contributed by atoms with Gasteiger partial charge in [-0.15, -0.1) is 10.2 Å². The fourth-order valence-electron chi connectivity index (χ4n) is 3.19. The first-order chi connectivity index (χ1) is 17.3. The second-order valence-corrected chi connectivity index (χ2v) is 9.27. The van der Waals surface area contributed by atoms with E-state index in [-0.39, 0.29) is 17.3 Å². The maximum atomic E-state index is 12.5. The van der Waals surface area contributed by atoms with Crippen LogP contribution < -0.4 is 5.43 Å². The lowest BCUT2D eigenvalue weighted by atomic mass is 10.1. The van der Waals surface area contributed by atoms with Gasteiger partial charge in [-0.2, -0.15) is 5.10 Å². The number of nitrogens with zero attached hydrogens (tertiary/aromatic N) is 5. The highest BCUT2D eigenvalue weighted by Crippen LogP contribution is 2.29. The van der Waals surface area contributed by atoms with Gasteiger partial charge in [-0.3, -0.25) is 19.5 Å². The van der Waals surface area contributed by atoms with Gasteiger partial charge in [-0.1, -0.05) is 47.1 Å². The molecular formula is C24H18Cl2N6O3S. The SMILES string of the molecule is C/C(=N\NC(=O)CSc1nnc(-c2ccc(Cl)cc2)n1-c1ccc(Cl)cc1)c1cccc([N+](=O)[O-])c1. The van der Waals surface area contributed by atoms with E-state index >= 15 is 0 Å². The van der Waals surface area contributed by atoms with E-state index < -0.39 is 4.92 Å². The first-order valence-corrected chi connectivity index (χ1v) is 12.2. The second kappa shape index (κ2) is 11.3. The van der Waals surface area contributed by atoms with Crippen LogP contribution in [0.15, 0.2) is 83.1 Å². The van der Waals surface area contributed by atoms with Crippen LogP contribution in [0.5, 0.6) is 0 Å². The number of non-ortho nitro benzene ring substituents is 1. The van der Waals surface area contributed by atoms with Crippen molar-refractivity contribution in [1.82, 2.24) is 20.2 Å². The molecule has 1 aromatic heterocycles. The minimum Gasteiger partial charge on any atom is -0.272 e. The number of hydrazone groups is 1. The molecule has 0 saturated heterocycles. The van der Waals surface area contributed by atoms with Crippen LogP contribution in [0.4, 0.5) is 5.69 Å². The maximum Gasteiger partial charge on any atom is 0.270 e. The third-order valence-corrected chi connectivity index (χ3v) is 6.41. The number of aromatic nitrogens is 3. The summed E-state index contributed by atoms with van der Waals surface area (Å²) in [4.78, 5) is 23.0. The lowest BCUT2D eigenvalue weighted by Crippen LogP contribution is -2.21. The van der Waals surface area contributed by atoms with E-state index in [0.717, 1.165) is 11.3 Å². The van der Waals surface area contributed by atoms with E-state index in [9.17, 15) is 14.9 Å². The monoisotopic (exact) mass is 540 g/mol. The van der Waals surface area contributed by atoms with Crippen molar-refractivity contribution in [3.8, 4) is 17.1 Å². The molecule has 0 aliphatic carbocycles. The van der Waals surface area contributed by atoms with Crippen molar-refractivity contribution in [3.05, 3.63) is 98.5 Å². The molecule has 36 heavy (non-hydrogen) atoms. The molecule has 0 atom stereocenters. The standard InChI is InChI=1S/C24H18Cl2N6O3S/c1-15(17-3-2-4-21(13-17)32(34)35)27-28-22(33)14-36-24-30-29-23(16-5-7-18(25)8-6-16)31(24)20-11-9-19(26)10-12-20/h2-13H,14H2,1H3,(H,28,33)/b27-15+. The van der Waals surface area contributed by atoms with Crippen molar-refractivity contribution in [3.63, 3.8) is 0 Å². The summed E-state index contributed by atoms with van der Waals surface area (Å²) in [7, 11) is 0. The van der Waals surface area contributed by atoms with Crippen molar-refractivity contribution >= 4 is 52.3 Å². The van der Waals surface area contributed by atoms with E-state index in [1.807, 2.05) is 28.8 Å². The molecule has 0 aliphatic heterocycles. The Bertz CT molecular complexity index is 1440. The molecule has 182 valence electrons. The minimum absolute atomic E-state index is 0.0120. The molecule has 4 aromatic rings. The molecule has 0 bridgehead atoms. The van der Waals surface area contributed by atoms with Crippen LogP contribution in [0, 0.1) is 10.1 Å². The van der Waals surface area contributed by atoms with Crippen LogP contribution in [0.25, 0.3) is 17.1 Å². The smallest absolute Gasteiger partial charge is 0.270 e. The third-order valence-electron chi connectivity index (χ3n) is 4.98. The molecule has 1 heterocycles. The fraction of sp³-hybridized carbons (Fsp3) is 0.0833. The number of rotatable bonds is 8. The highest BCUT2D eigenvalue weighted by molar-refractivity contribution is 7.99. The number of hydrogen-bond donors (Lipinski definition) is 1. The molecule has 0 radical (unpaired) electrons. The molecular weight excluding hydrogens is 523 g/mol. The van der Waals surface area contributed by atoms with Gasteiger partial charge in [0.1, 0.15) is 0 Å². The number of amides is 1. The van der Waals surface area contributed by atoms with Gasteiger partial charge < -0.3 is 0 Å². The zero-order valence-electron chi connectivity index (χ0n) is 18.8. The summed E-state index contributed by atoms with van der Waals surface area (Å²) in [5.41, 5.74) is 4.97. The summed E-state index contributed by atoms with van der Waals surface area (Å²) in [6, 6.07) is 20.4. The van der Waals surface area contributed by atoms with Crippen LogP contribution in [0.2, 0.25) is 10.0 Å². The van der Waals surface area contributed by atoms with Gasteiger partial charge in [-0.05, 0) is 55.5 Å². The van der Waals surface area contributed by atoms with Gasteiger partial charge in [-0.25, -0.2) is 5.43 Å². The number of thioether (sulfide) groups is 1. The number of carbonyl (C=O) groups excluding carboxylic acids is 1. The highest BCUT2D eigenvalue weighted by atomic mass is 35.5. The van der Waals surface area contributed by atoms with Crippen molar-refractivity contribution in [2.75, 3.05) is 5.75 Å². The molecule has 0 aliphatic rings. The van der Waals surface area contributed by atoms with Crippen molar-refractivity contribution in [1.29, 1.82) is 0 Å². The summed E-state index contributed by atoms with van der Waals surface area (Å²) in [5.74, 6) is 0.220. The lowest BCUT2D eigenvalue weighted by molar-refractivity contribution is -0.384. The Morgan fingerprint density at radius 3 is 2.39 bits per heavy atom. The van der Waals surface area contributed by atoms with Crippen LogP contribution >= 0.6 is 35.0 Å². The van der Waals surface area contributed by atoms with Crippen LogP contribution in [-0.4, -0.2) is 37.1 Å². The molecule has 4 rings (SSSR count). The average Bonchev–Trinajstić information content (AvgIpc) is 3.31. The van der Waals surface area contributed by atoms with Crippen molar-refractivity contribution < 1.29 is 9.72 Å². The van der Waals surface area contributed by atoms with Crippen molar-refractivity contribution in [2.24, 2.45) is 5.10 Å². The van der Waals surface area contributed by atoms with Crippen molar-refractivity contribution in [2.45, 2.75) is 12.1 Å². The average molecular weight is 541 g/mol. The van der Waals surface area contributed by atoms with E-state index in [1.165, 1.54) is 23.9 Å². The molecule has 0 spiro atoms. The van der Waals surface area contributed by atoms with Gasteiger partial charge in [0.2, 0.25) is 0 Å². The van der Waals surface area contributed by atoms with Crippen LogP contribution in [0.3, 0.4) is 0 Å². The largest absolute Gasteiger partial charge is 0.272 e. The Labute approximate surface area is 220 Å². The molecule has 9 nitrogen and oxygen atoms in total. The summed E-state index contributed by atoms with van der Waals surface area (Å²) < 4.78 is 1.83. The predicted octanol–water partition coefficient (Wildman–Crippen LogP) is 5.78. The Morgan fingerprint density at radius 2 is 1.72 bits per heavy atom. The minimum atomic E-state index is -0.485. The Balaban J connectivity index is 1.52. The van der Waals surface area contributed by atoms with Gasteiger partial charge in [0.05, 0.1) is 16.4 Å². The summed E-state index contributed by atoms with van der Waals surface area (Å²) in [5, 5.41) is 25.4. The fourth-order valence-corrected chi connectivity index (χ4v) is 4.19.